The molecule has 1 aliphatic carbocycles. The molecule has 0 aromatic carbocycles. The standard InChI is InChI=1S/C30H41NO14/c1-2-20-27(45-28-24(35)30(40,41)23(34)22(15-33)44-28)42-16-21(26(38)43-19-6-4-3-5-7-19)29(20,39)9-8-17-12-18(25(36)37)14-31(13-17)10-11-32/h2,8-9,12,14,16,19-20,22-24,27-28,32-35,39-41H,1,3-7,10-11,13,15H2,(H,36,37)/p+1/b9-8+/t20-,22+,23+,24-,27-,28-,29+/m0/s1. The van der Waals surface area contributed by atoms with Crippen molar-refractivity contribution in [3.63, 3.8) is 0 Å². The molecule has 0 bridgehead atoms. The molecule has 8 atom stereocenters. The zero-order valence-corrected chi connectivity index (χ0v) is 24.6. The SMILES string of the molecule is C=C[C@H]1[C@H](O[C@@H]2O[C@H](CO)[C@@H](O)C(O)(O)[C@H]2O)OC=C(C(=O)OC2CCCCC2)[C@@]1(O)/C=C/C1=CC(C(=O)O)=C[NH+](CCO)C1. The first-order valence-corrected chi connectivity index (χ1v) is 14.8. The van der Waals surface area contributed by atoms with E-state index in [4.69, 9.17) is 18.9 Å². The van der Waals surface area contributed by atoms with Crippen LogP contribution in [-0.2, 0) is 28.5 Å². The van der Waals surface area contributed by atoms with E-state index in [1.165, 1.54) is 30.5 Å². The van der Waals surface area contributed by atoms with Gasteiger partial charge in [0, 0.05) is 5.57 Å². The fourth-order valence-corrected chi connectivity index (χ4v) is 5.86. The largest absolute Gasteiger partial charge is 0.477 e. The van der Waals surface area contributed by atoms with Gasteiger partial charge in [0.25, 0.3) is 0 Å². The van der Waals surface area contributed by atoms with E-state index in [2.05, 4.69) is 6.58 Å². The molecule has 0 amide bonds. The highest BCUT2D eigenvalue weighted by molar-refractivity contribution is 5.92. The number of quaternary nitrogens is 1. The van der Waals surface area contributed by atoms with Crippen molar-refractivity contribution in [3.05, 3.63) is 60.1 Å². The van der Waals surface area contributed by atoms with Crippen molar-refractivity contribution in [2.24, 2.45) is 5.92 Å². The Hall–Kier alpha value is -2.96. The fraction of sp³-hybridized carbons (Fsp3) is 0.600. The minimum Gasteiger partial charge on any atom is -0.477 e. The number of nitrogens with one attached hydrogen (secondary N) is 1. The van der Waals surface area contributed by atoms with Gasteiger partial charge in [-0.05, 0) is 37.8 Å². The number of carbonyl (C=O) groups excluding carboxylic acids is 1. The van der Waals surface area contributed by atoms with Crippen molar-refractivity contribution in [1.82, 2.24) is 0 Å². The van der Waals surface area contributed by atoms with Gasteiger partial charge in [0.2, 0.25) is 12.1 Å². The van der Waals surface area contributed by atoms with Gasteiger partial charge in [-0.2, -0.15) is 0 Å². The molecular weight excluding hydrogens is 598 g/mol. The van der Waals surface area contributed by atoms with E-state index in [0.717, 1.165) is 25.5 Å². The van der Waals surface area contributed by atoms with Crippen LogP contribution in [0.15, 0.2) is 60.1 Å². The Bertz CT molecular complexity index is 1220. The van der Waals surface area contributed by atoms with E-state index in [9.17, 15) is 50.4 Å². The highest BCUT2D eigenvalue weighted by atomic mass is 16.8. The van der Waals surface area contributed by atoms with Crippen LogP contribution in [0.2, 0.25) is 0 Å². The summed E-state index contributed by atoms with van der Waals surface area (Å²) in [5, 5.41) is 81.9. The van der Waals surface area contributed by atoms with Gasteiger partial charge in [0.15, 0.2) is 12.4 Å². The summed E-state index contributed by atoms with van der Waals surface area (Å²) in [5.41, 5.74) is -2.19. The Morgan fingerprint density at radius 2 is 1.80 bits per heavy atom. The predicted molar refractivity (Wildman–Crippen MR) is 151 cm³/mol. The lowest BCUT2D eigenvalue weighted by atomic mass is 9.78. The van der Waals surface area contributed by atoms with Gasteiger partial charge in [-0.25, -0.2) is 9.59 Å². The van der Waals surface area contributed by atoms with Crippen LogP contribution >= 0.6 is 0 Å². The average Bonchev–Trinajstić information content (AvgIpc) is 3.01. The lowest BCUT2D eigenvalue weighted by Gasteiger charge is -2.47. The number of ether oxygens (including phenoxy) is 4. The quantitative estimate of drug-likeness (QED) is 0.0627. The van der Waals surface area contributed by atoms with E-state index in [-0.39, 0.29) is 36.9 Å². The van der Waals surface area contributed by atoms with E-state index in [1.54, 1.807) is 0 Å². The van der Waals surface area contributed by atoms with Crippen LogP contribution in [0.4, 0.5) is 0 Å². The summed E-state index contributed by atoms with van der Waals surface area (Å²) in [6, 6.07) is 0. The molecule has 4 aliphatic rings. The number of hydrogen-bond acceptors (Lipinski definition) is 13. The van der Waals surface area contributed by atoms with Crippen molar-refractivity contribution < 1.29 is 74.3 Å². The van der Waals surface area contributed by atoms with Crippen LogP contribution in [0.5, 0.6) is 0 Å². The topological polar surface area (TPSA) is 237 Å². The van der Waals surface area contributed by atoms with Crippen LogP contribution < -0.4 is 4.90 Å². The summed E-state index contributed by atoms with van der Waals surface area (Å²) in [6.45, 7) is 3.13. The molecule has 1 saturated carbocycles. The summed E-state index contributed by atoms with van der Waals surface area (Å²) in [7, 11) is 0. The maximum Gasteiger partial charge on any atom is 0.341 e. The van der Waals surface area contributed by atoms with Crippen molar-refractivity contribution in [3.8, 4) is 0 Å². The zero-order chi connectivity index (χ0) is 32.9. The molecule has 3 heterocycles. The van der Waals surface area contributed by atoms with Gasteiger partial charge >= 0.3 is 11.9 Å². The molecule has 4 rings (SSSR count). The highest BCUT2D eigenvalue weighted by Crippen LogP contribution is 2.40. The third kappa shape index (κ3) is 7.55. The first-order chi connectivity index (χ1) is 21.3. The number of carboxylic acids is 1. The lowest BCUT2D eigenvalue weighted by molar-refractivity contribution is -0.842. The number of rotatable bonds is 11. The first-order valence-electron chi connectivity index (χ1n) is 14.8. The maximum absolute atomic E-state index is 13.5. The molecule has 45 heavy (non-hydrogen) atoms. The van der Waals surface area contributed by atoms with Gasteiger partial charge in [-0.15, -0.1) is 6.58 Å². The Morgan fingerprint density at radius 3 is 2.42 bits per heavy atom. The Morgan fingerprint density at radius 1 is 1.09 bits per heavy atom. The molecule has 1 unspecified atom stereocenters. The summed E-state index contributed by atoms with van der Waals surface area (Å²) in [6.07, 6.45) is 1.86. The molecule has 0 spiro atoms. The number of esters is 1. The number of aliphatic carboxylic acids is 1. The molecule has 3 aliphatic heterocycles. The van der Waals surface area contributed by atoms with Crippen LogP contribution in [0.25, 0.3) is 0 Å². The maximum atomic E-state index is 13.5. The van der Waals surface area contributed by atoms with Gasteiger partial charge in [-0.3, -0.25) is 0 Å². The molecule has 250 valence electrons. The highest BCUT2D eigenvalue weighted by Gasteiger charge is 2.57. The minimum atomic E-state index is -3.15. The number of aliphatic hydroxyl groups is 7. The van der Waals surface area contributed by atoms with Gasteiger partial charge < -0.3 is 64.7 Å². The van der Waals surface area contributed by atoms with Crippen molar-refractivity contribution in [1.29, 1.82) is 0 Å². The van der Waals surface area contributed by atoms with E-state index < -0.39 is 66.7 Å². The van der Waals surface area contributed by atoms with Crippen molar-refractivity contribution >= 4 is 11.9 Å². The number of hydrogen-bond donors (Lipinski definition) is 9. The molecule has 9 N–H and O–H groups in total. The normalized spacial score (nSPS) is 35.5. The first kappa shape index (κ1) is 34.9. The van der Waals surface area contributed by atoms with Gasteiger partial charge in [0.1, 0.15) is 60.6 Å². The third-order valence-corrected chi connectivity index (χ3v) is 8.45. The average molecular weight is 641 g/mol. The summed E-state index contributed by atoms with van der Waals surface area (Å²) in [4.78, 5) is 25.8. The molecule has 15 nitrogen and oxygen atoms in total. The van der Waals surface area contributed by atoms with Gasteiger partial charge in [0.05, 0.1) is 19.1 Å². The van der Waals surface area contributed by atoms with Crippen LogP contribution in [0, 0.1) is 5.92 Å². The lowest BCUT2D eigenvalue weighted by Crippen LogP contribution is -3.08. The zero-order valence-electron chi connectivity index (χ0n) is 24.6. The second kappa shape index (κ2) is 14.6. The predicted octanol–water partition coefficient (Wildman–Crippen LogP) is -2.89. The van der Waals surface area contributed by atoms with Crippen molar-refractivity contribution in [2.75, 3.05) is 26.3 Å². The number of aliphatic hydroxyl groups excluding tert-OH is 4. The molecule has 0 radical (unpaired) electrons. The van der Waals surface area contributed by atoms with Crippen LogP contribution in [-0.4, -0.2) is 127 Å². The molecule has 0 aromatic heterocycles. The smallest absolute Gasteiger partial charge is 0.341 e. The third-order valence-electron chi connectivity index (χ3n) is 8.45. The molecule has 15 heteroatoms. The second-order valence-electron chi connectivity index (χ2n) is 11.6. The molecule has 0 aromatic rings. The Kier molecular flexibility index (Phi) is 11.4. The number of carbonyl (C=O) groups is 2. The van der Waals surface area contributed by atoms with Crippen LogP contribution in [0.3, 0.4) is 0 Å². The van der Waals surface area contributed by atoms with Gasteiger partial charge in [-0.1, -0.05) is 18.6 Å². The monoisotopic (exact) mass is 640 g/mol. The summed E-state index contributed by atoms with van der Waals surface area (Å²) in [5.74, 6) is -6.57. The van der Waals surface area contributed by atoms with E-state index in [0.29, 0.717) is 23.3 Å². The Balaban J connectivity index is 1.68. The van der Waals surface area contributed by atoms with Crippen LogP contribution in [0.1, 0.15) is 32.1 Å². The second-order valence-corrected chi connectivity index (χ2v) is 11.6. The molecule has 1 saturated heterocycles. The minimum absolute atomic E-state index is 0.0437. The van der Waals surface area contributed by atoms with E-state index >= 15 is 0 Å². The summed E-state index contributed by atoms with van der Waals surface area (Å²) >= 11 is 0. The van der Waals surface area contributed by atoms with E-state index in [1.807, 2.05) is 0 Å². The number of carboxylic acid groups (broad SMARTS) is 1. The Labute approximate surface area is 259 Å². The molecular formula is C30H42NO14+. The fourth-order valence-electron chi connectivity index (χ4n) is 5.86. The summed E-state index contributed by atoms with van der Waals surface area (Å²) < 4.78 is 22.4. The molecule has 2 fully saturated rings. The van der Waals surface area contributed by atoms with Crippen molar-refractivity contribution in [2.45, 2.75) is 80.5 Å².